The second-order valence-electron chi connectivity index (χ2n) is 4.01. The molecule has 0 spiro atoms. The highest BCUT2D eigenvalue weighted by molar-refractivity contribution is 9.10. The molecule has 94 valence electrons. The highest BCUT2D eigenvalue weighted by atomic mass is 79.9. The molecule has 1 atom stereocenters. The van der Waals surface area contributed by atoms with E-state index in [9.17, 15) is 0 Å². The van der Waals surface area contributed by atoms with Crippen molar-refractivity contribution in [3.05, 3.63) is 10.8 Å². The Morgan fingerprint density at radius 3 is 3.12 bits per heavy atom. The van der Waals surface area contributed by atoms with Crippen LogP contribution in [-0.2, 0) is 0 Å². The molecule has 1 aliphatic rings. The first-order chi connectivity index (χ1) is 8.24. The smallest absolute Gasteiger partial charge is 0.148 e. The van der Waals surface area contributed by atoms with E-state index >= 15 is 0 Å². The van der Waals surface area contributed by atoms with Crippen LogP contribution in [0.5, 0.6) is 0 Å². The summed E-state index contributed by atoms with van der Waals surface area (Å²) in [4.78, 5) is 11.0. The minimum Gasteiger partial charge on any atom is -0.369 e. The molecular weight excluding hydrogens is 300 g/mol. The van der Waals surface area contributed by atoms with Gasteiger partial charge in [0.2, 0.25) is 0 Å². The average molecular weight is 317 g/mol. The normalized spacial score (nSPS) is 20.4. The minimum absolute atomic E-state index is 0.523. The van der Waals surface area contributed by atoms with Gasteiger partial charge in [-0.2, -0.15) is 11.8 Å². The average Bonchev–Trinajstić information content (AvgIpc) is 2.33. The lowest BCUT2D eigenvalue weighted by Crippen LogP contribution is -2.41. The SMILES string of the molecule is CCNc1ncnc(N2CCSCC2C)c1Br. The van der Waals surface area contributed by atoms with Crippen LogP contribution in [0.25, 0.3) is 0 Å². The van der Waals surface area contributed by atoms with Gasteiger partial charge in [0.25, 0.3) is 0 Å². The second kappa shape index (κ2) is 5.91. The lowest BCUT2D eigenvalue weighted by molar-refractivity contribution is 0.687. The van der Waals surface area contributed by atoms with Crippen molar-refractivity contribution in [2.24, 2.45) is 0 Å². The van der Waals surface area contributed by atoms with Gasteiger partial charge in [-0.15, -0.1) is 0 Å². The van der Waals surface area contributed by atoms with Crippen LogP contribution < -0.4 is 10.2 Å². The van der Waals surface area contributed by atoms with Crippen LogP contribution in [0.15, 0.2) is 10.8 Å². The first kappa shape index (κ1) is 13.0. The van der Waals surface area contributed by atoms with Gasteiger partial charge < -0.3 is 10.2 Å². The van der Waals surface area contributed by atoms with E-state index in [1.165, 1.54) is 0 Å². The van der Waals surface area contributed by atoms with Crippen LogP contribution in [0.2, 0.25) is 0 Å². The number of nitrogens with one attached hydrogen (secondary N) is 1. The molecule has 0 aliphatic carbocycles. The Labute approximate surface area is 115 Å². The van der Waals surface area contributed by atoms with E-state index in [-0.39, 0.29) is 0 Å². The van der Waals surface area contributed by atoms with Crippen molar-refractivity contribution in [1.82, 2.24) is 9.97 Å². The van der Waals surface area contributed by atoms with E-state index in [4.69, 9.17) is 0 Å². The van der Waals surface area contributed by atoms with Gasteiger partial charge in [0, 0.05) is 30.6 Å². The van der Waals surface area contributed by atoms with Crippen LogP contribution >= 0.6 is 27.7 Å². The van der Waals surface area contributed by atoms with Gasteiger partial charge in [0.05, 0.1) is 0 Å². The molecule has 1 saturated heterocycles. The molecule has 0 bridgehead atoms. The molecule has 2 heterocycles. The predicted octanol–water partition coefficient (Wildman–Crippen LogP) is 2.61. The number of hydrogen-bond donors (Lipinski definition) is 1. The first-order valence-corrected chi connectivity index (χ1v) is 7.77. The number of hydrogen-bond acceptors (Lipinski definition) is 5. The molecule has 6 heteroatoms. The monoisotopic (exact) mass is 316 g/mol. The van der Waals surface area contributed by atoms with Gasteiger partial charge in [0.1, 0.15) is 22.4 Å². The first-order valence-electron chi connectivity index (χ1n) is 5.82. The van der Waals surface area contributed by atoms with E-state index in [0.29, 0.717) is 6.04 Å². The summed E-state index contributed by atoms with van der Waals surface area (Å²) in [6, 6.07) is 0.523. The number of anilines is 2. The fourth-order valence-electron chi connectivity index (χ4n) is 1.89. The summed E-state index contributed by atoms with van der Waals surface area (Å²) in [5.41, 5.74) is 0. The Morgan fingerprint density at radius 1 is 1.59 bits per heavy atom. The molecule has 0 radical (unpaired) electrons. The van der Waals surface area contributed by atoms with Crippen LogP contribution in [0.1, 0.15) is 13.8 Å². The largest absolute Gasteiger partial charge is 0.369 e. The van der Waals surface area contributed by atoms with Gasteiger partial charge in [-0.05, 0) is 29.8 Å². The molecule has 1 unspecified atom stereocenters. The van der Waals surface area contributed by atoms with Gasteiger partial charge >= 0.3 is 0 Å². The summed E-state index contributed by atoms with van der Waals surface area (Å²) < 4.78 is 0.973. The molecule has 17 heavy (non-hydrogen) atoms. The molecule has 1 aromatic rings. The fraction of sp³-hybridized carbons (Fsp3) is 0.636. The van der Waals surface area contributed by atoms with Crippen molar-refractivity contribution in [1.29, 1.82) is 0 Å². The highest BCUT2D eigenvalue weighted by Crippen LogP contribution is 2.32. The molecule has 1 aliphatic heterocycles. The van der Waals surface area contributed by atoms with Crippen molar-refractivity contribution in [2.45, 2.75) is 19.9 Å². The third-order valence-electron chi connectivity index (χ3n) is 2.75. The van der Waals surface area contributed by atoms with E-state index in [0.717, 1.165) is 40.7 Å². The predicted molar refractivity (Wildman–Crippen MR) is 78.0 cm³/mol. The molecule has 1 aromatic heterocycles. The van der Waals surface area contributed by atoms with Crippen molar-refractivity contribution in [3.63, 3.8) is 0 Å². The lowest BCUT2D eigenvalue weighted by atomic mass is 10.3. The van der Waals surface area contributed by atoms with E-state index in [2.05, 4.69) is 50.0 Å². The summed E-state index contributed by atoms with van der Waals surface area (Å²) in [7, 11) is 0. The van der Waals surface area contributed by atoms with Gasteiger partial charge in [-0.1, -0.05) is 0 Å². The summed E-state index contributed by atoms with van der Waals surface area (Å²) in [5, 5.41) is 3.24. The molecule has 0 saturated carbocycles. The van der Waals surface area contributed by atoms with Crippen molar-refractivity contribution in [2.75, 3.05) is 34.8 Å². The van der Waals surface area contributed by atoms with E-state index < -0.39 is 0 Å². The maximum atomic E-state index is 4.41. The Morgan fingerprint density at radius 2 is 2.41 bits per heavy atom. The molecule has 4 nitrogen and oxygen atoms in total. The molecular formula is C11H17BrN4S. The Balaban J connectivity index is 2.27. The van der Waals surface area contributed by atoms with Crippen LogP contribution in [-0.4, -0.2) is 40.6 Å². The molecule has 1 fully saturated rings. The zero-order valence-corrected chi connectivity index (χ0v) is 12.5. The van der Waals surface area contributed by atoms with E-state index in [1.54, 1.807) is 6.33 Å². The maximum absolute atomic E-state index is 4.41. The summed E-state index contributed by atoms with van der Waals surface area (Å²) in [5.74, 6) is 4.20. The van der Waals surface area contributed by atoms with Crippen LogP contribution in [0.3, 0.4) is 0 Å². The van der Waals surface area contributed by atoms with Gasteiger partial charge in [-0.25, -0.2) is 9.97 Å². The summed E-state index contributed by atoms with van der Waals surface area (Å²) in [6.45, 7) is 6.22. The zero-order valence-electron chi connectivity index (χ0n) is 10.1. The Hall–Kier alpha value is -0.490. The quantitative estimate of drug-likeness (QED) is 0.928. The third kappa shape index (κ3) is 2.85. The number of thioether (sulfide) groups is 1. The summed E-state index contributed by atoms with van der Waals surface area (Å²) >= 11 is 5.62. The molecule has 0 aromatic carbocycles. The number of halogens is 1. The zero-order chi connectivity index (χ0) is 12.3. The Bertz CT molecular complexity index is 388. The van der Waals surface area contributed by atoms with Crippen molar-refractivity contribution in [3.8, 4) is 0 Å². The fourth-order valence-corrected chi connectivity index (χ4v) is 3.48. The topological polar surface area (TPSA) is 41.1 Å². The Kier molecular flexibility index (Phi) is 4.50. The third-order valence-corrected chi connectivity index (χ3v) is 4.67. The highest BCUT2D eigenvalue weighted by Gasteiger charge is 2.23. The van der Waals surface area contributed by atoms with Crippen LogP contribution in [0.4, 0.5) is 11.6 Å². The minimum atomic E-state index is 0.523. The van der Waals surface area contributed by atoms with Gasteiger partial charge in [0.15, 0.2) is 0 Å². The van der Waals surface area contributed by atoms with Gasteiger partial charge in [-0.3, -0.25) is 0 Å². The van der Waals surface area contributed by atoms with E-state index in [1.807, 2.05) is 11.8 Å². The standard InChI is InChI=1S/C11H17BrN4S/c1-3-13-10-9(12)11(15-7-14-10)16-4-5-17-6-8(16)2/h7-8H,3-6H2,1-2H3,(H,13,14,15). The second-order valence-corrected chi connectivity index (χ2v) is 5.95. The van der Waals surface area contributed by atoms with Crippen molar-refractivity contribution < 1.29 is 0 Å². The van der Waals surface area contributed by atoms with Crippen molar-refractivity contribution >= 4 is 39.3 Å². The van der Waals surface area contributed by atoms with Crippen LogP contribution in [0, 0.1) is 0 Å². The lowest BCUT2D eigenvalue weighted by Gasteiger charge is -2.34. The molecule has 2 rings (SSSR count). The molecule has 1 N–H and O–H groups in total. The number of rotatable bonds is 3. The summed E-state index contributed by atoms with van der Waals surface area (Å²) in [6.07, 6.45) is 1.63. The number of nitrogens with zero attached hydrogens (tertiary/aromatic N) is 3. The molecule has 0 amide bonds. The number of aromatic nitrogens is 2. The maximum Gasteiger partial charge on any atom is 0.148 e.